The maximum Gasteiger partial charge on any atom is 0.333 e. The zero-order chi connectivity index (χ0) is 15.9. The van der Waals surface area contributed by atoms with E-state index in [9.17, 15) is 35.6 Å². The summed E-state index contributed by atoms with van der Waals surface area (Å²) < 4.78 is 4.17. The minimum absolute atomic E-state index is 0.329. The van der Waals surface area contributed by atoms with Gasteiger partial charge in [0.25, 0.3) is 5.69 Å². The van der Waals surface area contributed by atoms with E-state index < -0.39 is 48.8 Å². The van der Waals surface area contributed by atoms with Gasteiger partial charge in [-0.1, -0.05) is 0 Å². The lowest BCUT2D eigenvalue weighted by Gasteiger charge is -2.04. The maximum atomic E-state index is 11.5. The second-order valence-electron chi connectivity index (χ2n) is 3.93. The molecule has 0 saturated heterocycles. The summed E-state index contributed by atoms with van der Waals surface area (Å²) in [6.45, 7) is 1.00. The summed E-state index contributed by atoms with van der Waals surface area (Å²) in [4.78, 5) is 29.5. The molecule has 0 radical (unpaired) electrons. The van der Waals surface area contributed by atoms with Gasteiger partial charge in [0.05, 0.1) is 21.1 Å². The van der Waals surface area contributed by atoms with Crippen molar-refractivity contribution >= 4 is 22.4 Å². The first-order valence-electron chi connectivity index (χ1n) is 5.24. The number of nitro groups is 3. The van der Waals surface area contributed by atoms with Crippen LogP contribution in [0.5, 0.6) is 0 Å². The molecule has 0 fully saturated rings. The molecule has 110 valence electrons. The molecule has 0 saturated carbocycles. The van der Waals surface area contributed by atoms with Gasteiger partial charge in [-0.2, -0.15) is 0 Å². The van der Waals surface area contributed by atoms with E-state index in [4.69, 9.17) is 0 Å². The topological polar surface area (TPSA) is 182 Å². The highest BCUT2D eigenvalue weighted by Gasteiger charge is 2.40. The number of hydrogen-bond acceptors (Lipinski definition) is 9. The largest absolute Gasteiger partial charge is 0.359 e. The van der Waals surface area contributed by atoms with Crippen LogP contribution in [0.15, 0.2) is 10.7 Å². The van der Waals surface area contributed by atoms with Crippen molar-refractivity contribution in [2.45, 2.75) is 13.0 Å². The molecule has 1 aromatic heterocycles. The van der Waals surface area contributed by atoms with Crippen molar-refractivity contribution in [3.05, 3.63) is 47.2 Å². The number of aromatic nitrogens is 2. The molecule has 2 rings (SSSR count). The highest BCUT2D eigenvalue weighted by Crippen LogP contribution is 2.37. The van der Waals surface area contributed by atoms with Crippen LogP contribution in [0.4, 0.5) is 11.4 Å². The summed E-state index contributed by atoms with van der Waals surface area (Å²) >= 11 is 0. The van der Waals surface area contributed by atoms with Crippen LogP contribution in [0.1, 0.15) is 18.5 Å². The standard InChI is InChI=1S/C8H5N5O8/c1-3(10(14)15)6-4(11(16)17)2-5(12(18)19)7-8(6)13(20)21-9-7/h2-3H,1H3. The monoisotopic (exact) mass is 299 g/mol. The van der Waals surface area contributed by atoms with E-state index in [2.05, 4.69) is 9.79 Å². The molecule has 13 nitrogen and oxygen atoms in total. The number of nitrogens with zero attached hydrogens (tertiary/aromatic N) is 5. The molecular weight excluding hydrogens is 294 g/mol. The van der Waals surface area contributed by atoms with E-state index in [0.717, 1.165) is 6.92 Å². The van der Waals surface area contributed by atoms with Gasteiger partial charge in [0.1, 0.15) is 0 Å². The van der Waals surface area contributed by atoms with Crippen molar-refractivity contribution < 1.29 is 24.3 Å². The highest BCUT2D eigenvalue weighted by molar-refractivity contribution is 5.88. The Morgan fingerprint density at radius 2 is 1.76 bits per heavy atom. The average molecular weight is 299 g/mol. The Kier molecular flexibility index (Phi) is 3.09. The Bertz CT molecular complexity index is 783. The smallest absolute Gasteiger partial charge is 0.333 e. The van der Waals surface area contributed by atoms with E-state index in [0.29, 0.717) is 6.07 Å². The molecule has 0 aliphatic carbocycles. The molecule has 1 heterocycles. The van der Waals surface area contributed by atoms with Gasteiger partial charge in [0.2, 0.25) is 11.6 Å². The van der Waals surface area contributed by atoms with Crippen molar-refractivity contribution in [1.29, 1.82) is 0 Å². The Morgan fingerprint density at radius 3 is 2.24 bits per heavy atom. The minimum atomic E-state index is -1.66. The fourth-order valence-electron chi connectivity index (χ4n) is 1.85. The number of nitro benzene ring substituents is 2. The van der Waals surface area contributed by atoms with Crippen LogP contribution in [-0.4, -0.2) is 19.9 Å². The quantitative estimate of drug-likeness (QED) is 0.443. The van der Waals surface area contributed by atoms with Gasteiger partial charge in [-0.15, -0.1) is 0 Å². The molecule has 0 aliphatic heterocycles. The average Bonchev–Trinajstić information content (AvgIpc) is 2.78. The molecule has 13 heteroatoms. The second kappa shape index (κ2) is 4.62. The van der Waals surface area contributed by atoms with E-state index >= 15 is 0 Å². The molecule has 0 aliphatic rings. The number of fused-ring (bicyclic) bond motifs is 1. The zero-order valence-corrected chi connectivity index (χ0v) is 10.2. The first-order chi connectivity index (χ1) is 9.75. The van der Waals surface area contributed by atoms with E-state index in [1.807, 2.05) is 0 Å². The molecular formula is C8H5N5O8. The van der Waals surface area contributed by atoms with Crippen molar-refractivity contribution in [1.82, 2.24) is 5.16 Å². The Labute approximate surface area is 113 Å². The minimum Gasteiger partial charge on any atom is -0.359 e. The lowest BCUT2D eigenvalue weighted by atomic mass is 10.0. The Balaban J connectivity index is 3.00. The van der Waals surface area contributed by atoms with Gasteiger partial charge in [-0.3, -0.25) is 35.0 Å². The van der Waals surface area contributed by atoms with E-state index in [1.165, 1.54) is 0 Å². The fourth-order valence-corrected chi connectivity index (χ4v) is 1.85. The second-order valence-corrected chi connectivity index (χ2v) is 3.93. The summed E-state index contributed by atoms with van der Waals surface area (Å²) in [5, 5.41) is 47.4. The van der Waals surface area contributed by atoms with Gasteiger partial charge in [-0.05, 0) is 4.90 Å². The lowest BCUT2D eigenvalue weighted by Crippen LogP contribution is -2.26. The molecule has 1 unspecified atom stereocenters. The molecule has 21 heavy (non-hydrogen) atoms. The van der Waals surface area contributed by atoms with Gasteiger partial charge in [0.15, 0.2) is 5.56 Å². The molecule has 0 spiro atoms. The van der Waals surface area contributed by atoms with Crippen molar-refractivity contribution in [2.75, 3.05) is 0 Å². The first-order valence-corrected chi connectivity index (χ1v) is 5.24. The van der Waals surface area contributed by atoms with Gasteiger partial charge < -0.3 is 5.21 Å². The van der Waals surface area contributed by atoms with Crippen LogP contribution in [0.3, 0.4) is 0 Å². The summed E-state index contributed by atoms with van der Waals surface area (Å²) in [5.74, 6) is 0. The third kappa shape index (κ3) is 2.05. The summed E-state index contributed by atoms with van der Waals surface area (Å²) in [7, 11) is 0. The number of hydrogen-bond donors (Lipinski definition) is 0. The summed E-state index contributed by atoms with van der Waals surface area (Å²) in [6.07, 6.45) is 0. The van der Waals surface area contributed by atoms with Crippen LogP contribution >= 0.6 is 0 Å². The van der Waals surface area contributed by atoms with Gasteiger partial charge >= 0.3 is 11.2 Å². The van der Waals surface area contributed by atoms with Gasteiger partial charge in [-0.25, -0.2) is 0 Å². The molecule has 0 bridgehead atoms. The summed E-state index contributed by atoms with van der Waals surface area (Å²) in [5.41, 5.74) is -3.69. The Hall–Kier alpha value is -3.38. The molecule has 2 aromatic rings. The first kappa shape index (κ1) is 14.0. The van der Waals surface area contributed by atoms with Crippen LogP contribution in [0.25, 0.3) is 11.0 Å². The van der Waals surface area contributed by atoms with Crippen molar-refractivity contribution in [3.8, 4) is 0 Å². The van der Waals surface area contributed by atoms with Crippen LogP contribution in [0, 0.1) is 35.6 Å². The SMILES string of the molecule is CC(c1c([N+](=O)[O-])cc([N+](=O)[O-])c2no[n+]([O-])c12)[N+](=O)[O-]. The molecule has 1 atom stereocenters. The van der Waals surface area contributed by atoms with E-state index in [1.54, 1.807) is 0 Å². The molecule has 0 N–H and O–H groups in total. The van der Waals surface area contributed by atoms with Crippen molar-refractivity contribution in [2.24, 2.45) is 0 Å². The maximum absolute atomic E-state index is 11.5. The third-order valence-corrected chi connectivity index (χ3v) is 2.79. The molecule has 0 amide bonds. The third-order valence-electron chi connectivity index (χ3n) is 2.79. The van der Waals surface area contributed by atoms with Crippen molar-refractivity contribution in [3.63, 3.8) is 0 Å². The number of benzene rings is 1. The normalized spacial score (nSPS) is 12.2. The molecule has 1 aromatic carbocycles. The summed E-state index contributed by atoms with van der Waals surface area (Å²) in [6, 6.07) is -1.14. The number of rotatable bonds is 4. The highest BCUT2D eigenvalue weighted by atomic mass is 16.8. The van der Waals surface area contributed by atoms with Crippen LogP contribution in [-0.2, 0) is 0 Å². The lowest BCUT2D eigenvalue weighted by molar-refractivity contribution is -0.782. The number of non-ortho nitro benzene ring substituents is 1. The zero-order valence-electron chi connectivity index (χ0n) is 10.2. The fraction of sp³-hybridized carbons (Fsp3) is 0.250. The van der Waals surface area contributed by atoms with Crippen LogP contribution < -0.4 is 4.90 Å². The van der Waals surface area contributed by atoms with Gasteiger partial charge in [0, 0.05) is 11.8 Å². The van der Waals surface area contributed by atoms with Crippen LogP contribution in [0.2, 0.25) is 0 Å². The predicted octanol–water partition coefficient (Wildman–Crippen LogP) is 0.615. The van der Waals surface area contributed by atoms with E-state index in [-0.39, 0.29) is 4.90 Å². The predicted molar refractivity (Wildman–Crippen MR) is 61.7 cm³/mol. The Morgan fingerprint density at radius 1 is 1.19 bits per heavy atom.